The minimum Gasteiger partial charge on any atom is -0.324 e. The van der Waals surface area contributed by atoms with Crippen LogP contribution in [0.4, 0.5) is 10.5 Å². The minimum atomic E-state index is -1.31. The SMILES string of the molecule is Cc1cccc(NC(=O)CN2C(=O)NC(C)(c3ccccc3Cl)C2=O)c1C. The molecule has 4 amide bonds. The highest BCUT2D eigenvalue weighted by Gasteiger charge is 2.50. The van der Waals surface area contributed by atoms with Crippen LogP contribution >= 0.6 is 11.6 Å². The number of anilines is 1. The van der Waals surface area contributed by atoms with Crippen LogP contribution in [-0.4, -0.2) is 29.3 Å². The van der Waals surface area contributed by atoms with Gasteiger partial charge in [0.15, 0.2) is 0 Å². The third kappa shape index (κ3) is 3.40. The number of imide groups is 1. The van der Waals surface area contributed by atoms with Crippen molar-refractivity contribution in [2.24, 2.45) is 0 Å². The van der Waals surface area contributed by atoms with E-state index in [1.54, 1.807) is 37.3 Å². The smallest absolute Gasteiger partial charge is 0.324 e. The molecule has 0 aromatic heterocycles. The first-order chi connectivity index (χ1) is 12.7. The molecule has 0 spiro atoms. The van der Waals surface area contributed by atoms with E-state index >= 15 is 0 Å². The summed E-state index contributed by atoms with van der Waals surface area (Å²) in [6, 6.07) is 11.7. The Labute approximate surface area is 162 Å². The fourth-order valence-corrected chi connectivity index (χ4v) is 3.43. The van der Waals surface area contributed by atoms with Crippen LogP contribution in [0.25, 0.3) is 0 Å². The number of amides is 4. The number of hydrogen-bond donors (Lipinski definition) is 2. The predicted octanol–water partition coefficient (Wildman–Crippen LogP) is 3.36. The van der Waals surface area contributed by atoms with Gasteiger partial charge >= 0.3 is 6.03 Å². The molecule has 2 aromatic rings. The van der Waals surface area contributed by atoms with Crippen LogP contribution in [0, 0.1) is 13.8 Å². The van der Waals surface area contributed by atoms with Crippen LogP contribution in [0.1, 0.15) is 23.6 Å². The monoisotopic (exact) mass is 385 g/mol. The van der Waals surface area contributed by atoms with Crippen molar-refractivity contribution in [3.63, 3.8) is 0 Å². The van der Waals surface area contributed by atoms with Crippen molar-refractivity contribution >= 4 is 35.1 Å². The van der Waals surface area contributed by atoms with Gasteiger partial charge in [-0.1, -0.05) is 41.9 Å². The molecule has 0 saturated carbocycles. The average Bonchev–Trinajstić information content (AvgIpc) is 2.83. The maximum Gasteiger partial charge on any atom is 0.325 e. The second kappa shape index (κ2) is 7.04. The van der Waals surface area contributed by atoms with Gasteiger partial charge in [0.05, 0.1) is 0 Å². The molecule has 2 aromatic carbocycles. The van der Waals surface area contributed by atoms with Crippen molar-refractivity contribution in [1.29, 1.82) is 0 Å². The summed E-state index contributed by atoms with van der Waals surface area (Å²) < 4.78 is 0. The van der Waals surface area contributed by atoms with Crippen molar-refractivity contribution < 1.29 is 14.4 Å². The van der Waals surface area contributed by atoms with E-state index in [-0.39, 0.29) is 6.54 Å². The van der Waals surface area contributed by atoms with Gasteiger partial charge in [0.2, 0.25) is 5.91 Å². The quantitative estimate of drug-likeness (QED) is 0.792. The molecule has 1 aliphatic heterocycles. The largest absolute Gasteiger partial charge is 0.325 e. The molecule has 7 heteroatoms. The van der Waals surface area contributed by atoms with E-state index in [1.807, 2.05) is 26.0 Å². The summed E-state index contributed by atoms with van der Waals surface area (Å²) in [5.41, 5.74) is 1.80. The van der Waals surface area contributed by atoms with Crippen molar-refractivity contribution in [3.05, 3.63) is 64.2 Å². The summed E-state index contributed by atoms with van der Waals surface area (Å²) in [7, 11) is 0. The lowest BCUT2D eigenvalue weighted by Crippen LogP contribution is -2.42. The summed E-state index contributed by atoms with van der Waals surface area (Å²) in [4.78, 5) is 38.6. The zero-order chi connectivity index (χ0) is 19.8. The number of benzene rings is 2. The van der Waals surface area contributed by atoms with Gasteiger partial charge < -0.3 is 10.6 Å². The van der Waals surface area contributed by atoms with Gasteiger partial charge in [-0.15, -0.1) is 0 Å². The summed E-state index contributed by atoms with van der Waals surface area (Å²) in [6.07, 6.45) is 0. The Kier molecular flexibility index (Phi) is 4.93. The van der Waals surface area contributed by atoms with Crippen LogP contribution in [0.15, 0.2) is 42.5 Å². The number of carbonyl (C=O) groups is 3. The van der Waals surface area contributed by atoms with Crippen LogP contribution in [0.3, 0.4) is 0 Å². The molecule has 2 N–H and O–H groups in total. The molecular weight excluding hydrogens is 366 g/mol. The molecule has 27 heavy (non-hydrogen) atoms. The van der Waals surface area contributed by atoms with E-state index < -0.39 is 23.4 Å². The molecule has 1 atom stereocenters. The summed E-state index contributed by atoms with van der Waals surface area (Å²) in [5.74, 6) is -0.965. The van der Waals surface area contributed by atoms with Gasteiger partial charge in [0.1, 0.15) is 12.1 Å². The molecule has 0 bridgehead atoms. The standard InChI is InChI=1S/C20H20ClN3O3/c1-12-7-6-10-16(13(12)2)22-17(25)11-24-18(26)20(3,23-19(24)27)14-8-4-5-9-15(14)21/h4-10H,11H2,1-3H3,(H,22,25)(H,23,27). The first kappa shape index (κ1) is 18.9. The van der Waals surface area contributed by atoms with Gasteiger partial charge in [-0.3, -0.25) is 14.5 Å². The second-order valence-electron chi connectivity index (χ2n) is 6.72. The van der Waals surface area contributed by atoms with Crippen LogP contribution in [-0.2, 0) is 15.1 Å². The van der Waals surface area contributed by atoms with E-state index in [1.165, 1.54) is 0 Å². The maximum absolute atomic E-state index is 12.9. The normalized spacial score (nSPS) is 19.2. The van der Waals surface area contributed by atoms with E-state index in [0.29, 0.717) is 16.3 Å². The molecule has 3 rings (SSSR count). The first-order valence-electron chi connectivity index (χ1n) is 8.49. The van der Waals surface area contributed by atoms with Crippen LogP contribution in [0.5, 0.6) is 0 Å². The van der Waals surface area contributed by atoms with E-state index in [2.05, 4.69) is 10.6 Å². The highest BCUT2D eigenvalue weighted by molar-refractivity contribution is 6.32. The molecule has 1 unspecified atom stereocenters. The second-order valence-corrected chi connectivity index (χ2v) is 7.13. The van der Waals surface area contributed by atoms with E-state index in [0.717, 1.165) is 16.0 Å². The number of rotatable bonds is 4. The number of hydrogen-bond acceptors (Lipinski definition) is 3. The molecule has 0 aliphatic carbocycles. The number of urea groups is 1. The van der Waals surface area contributed by atoms with Crippen molar-refractivity contribution in [2.75, 3.05) is 11.9 Å². The Morgan fingerprint density at radius 3 is 2.56 bits per heavy atom. The third-order valence-corrected chi connectivity index (χ3v) is 5.20. The molecule has 0 radical (unpaired) electrons. The Morgan fingerprint density at radius 1 is 1.15 bits per heavy atom. The minimum absolute atomic E-state index is 0.371. The lowest BCUT2D eigenvalue weighted by molar-refractivity contribution is -0.133. The van der Waals surface area contributed by atoms with Crippen molar-refractivity contribution in [3.8, 4) is 0 Å². The van der Waals surface area contributed by atoms with Gasteiger partial charge in [-0.2, -0.15) is 0 Å². The molecule has 1 heterocycles. The van der Waals surface area contributed by atoms with Gasteiger partial charge in [-0.25, -0.2) is 4.79 Å². The Bertz CT molecular complexity index is 944. The fourth-order valence-electron chi connectivity index (χ4n) is 3.11. The maximum atomic E-state index is 12.9. The highest BCUT2D eigenvalue weighted by Crippen LogP contribution is 2.33. The molecule has 140 valence electrons. The van der Waals surface area contributed by atoms with Crippen LogP contribution < -0.4 is 10.6 Å². The summed E-state index contributed by atoms with van der Waals surface area (Å²) in [6.45, 7) is 5.04. The Balaban J connectivity index is 1.79. The van der Waals surface area contributed by atoms with Gasteiger partial charge in [0, 0.05) is 16.3 Å². The predicted molar refractivity (Wildman–Crippen MR) is 104 cm³/mol. The van der Waals surface area contributed by atoms with Crippen molar-refractivity contribution in [1.82, 2.24) is 10.2 Å². The van der Waals surface area contributed by atoms with Crippen molar-refractivity contribution in [2.45, 2.75) is 26.3 Å². The number of aryl methyl sites for hydroxylation is 1. The topological polar surface area (TPSA) is 78.5 Å². The lowest BCUT2D eigenvalue weighted by Gasteiger charge is -2.23. The van der Waals surface area contributed by atoms with Crippen LogP contribution in [0.2, 0.25) is 5.02 Å². The molecule has 1 aliphatic rings. The third-order valence-electron chi connectivity index (χ3n) is 4.87. The van der Waals surface area contributed by atoms with Gasteiger partial charge in [-0.05, 0) is 44.0 Å². The molecular formula is C20H20ClN3O3. The highest BCUT2D eigenvalue weighted by atomic mass is 35.5. The van der Waals surface area contributed by atoms with E-state index in [4.69, 9.17) is 11.6 Å². The number of carbonyl (C=O) groups excluding carboxylic acids is 3. The molecule has 1 saturated heterocycles. The molecule has 6 nitrogen and oxygen atoms in total. The summed E-state index contributed by atoms with van der Waals surface area (Å²) >= 11 is 6.20. The Hall–Kier alpha value is -2.86. The zero-order valence-corrected chi connectivity index (χ0v) is 16.1. The first-order valence-corrected chi connectivity index (χ1v) is 8.87. The number of halogens is 1. The number of nitrogens with zero attached hydrogens (tertiary/aromatic N) is 1. The number of nitrogens with one attached hydrogen (secondary N) is 2. The zero-order valence-electron chi connectivity index (χ0n) is 15.3. The fraction of sp³-hybridized carbons (Fsp3) is 0.250. The summed E-state index contributed by atoms with van der Waals surface area (Å²) in [5, 5.41) is 5.78. The Morgan fingerprint density at radius 2 is 1.85 bits per heavy atom. The average molecular weight is 386 g/mol. The molecule has 1 fully saturated rings. The van der Waals surface area contributed by atoms with Gasteiger partial charge in [0.25, 0.3) is 5.91 Å². The lowest BCUT2D eigenvalue weighted by atomic mass is 9.92. The van der Waals surface area contributed by atoms with E-state index in [9.17, 15) is 14.4 Å².